The van der Waals surface area contributed by atoms with Crippen molar-refractivity contribution in [3.05, 3.63) is 25.3 Å². The number of hydrogen-bond donors (Lipinski definition) is 1. The van der Waals surface area contributed by atoms with Crippen LogP contribution in [0, 0.1) is 5.92 Å². The summed E-state index contributed by atoms with van der Waals surface area (Å²) in [6.07, 6.45) is 7.46. The highest BCUT2D eigenvalue weighted by Crippen LogP contribution is 2.00. The van der Waals surface area contributed by atoms with Crippen LogP contribution in [0.3, 0.4) is 0 Å². The van der Waals surface area contributed by atoms with E-state index in [-0.39, 0.29) is 11.9 Å². The van der Waals surface area contributed by atoms with E-state index in [1.165, 1.54) is 0 Å². The molecule has 0 aromatic heterocycles. The molecule has 0 heterocycles. The number of carbonyl (C=O) groups is 2. The molecule has 0 rings (SSSR count). The summed E-state index contributed by atoms with van der Waals surface area (Å²) >= 11 is 0. The molecular formula is C15H26O4. The van der Waals surface area contributed by atoms with Gasteiger partial charge in [-0.2, -0.15) is 0 Å². The smallest absolute Gasteiger partial charge is 0.306 e. The van der Waals surface area contributed by atoms with Gasteiger partial charge in [-0.1, -0.05) is 45.4 Å². The number of ether oxygens (including phenoxy) is 1. The Morgan fingerprint density at radius 1 is 1.26 bits per heavy atom. The van der Waals surface area contributed by atoms with Gasteiger partial charge in [0.05, 0.1) is 5.92 Å². The fourth-order valence-electron chi connectivity index (χ4n) is 1.09. The molecule has 4 nitrogen and oxygen atoms in total. The first kappa shape index (κ1) is 19.8. The molecule has 0 radical (unpaired) electrons. The molecule has 0 aliphatic carbocycles. The number of carboxylic acid groups (broad SMARTS) is 1. The highest BCUT2D eigenvalue weighted by atomic mass is 16.5. The Hall–Kier alpha value is -1.58. The molecule has 0 saturated carbocycles. The molecular weight excluding hydrogens is 244 g/mol. The summed E-state index contributed by atoms with van der Waals surface area (Å²) in [7, 11) is 0. The fraction of sp³-hybridized carbons (Fsp3) is 0.600. The SMILES string of the molecule is C=CCC(C)C(=O)O.C=CCOC(=O)CCCCC. The number of allylic oxidation sites excluding steroid dienone is 1. The average molecular weight is 270 g/mol. The van der Waals surface area contributed by atoms with Crippen LogP contribution in [0.4, 0.5) is 0 Å². The van der Waals surface area contributed by atoms with Crippen LogP contribution in [-0.2, 0) is 14.3 Å². The van der Waals surface area contributed by atoms with Crippen molar-refractivity contribution >= 4 is 11.9 Å². The summed E-state index contributed by atoms with van der Waals surface area (Å²) in [6, 6.07) is 0. The van der Waals surface area contributed by atoms with Crippen LogP contribution in [0.2, 0.25) is 0 Å². The molecule has 1 unspecified atom stereocenters. The lowest BCUT2D eigenvalue weighted by Gasteiger charge is -1.99. The van der Waals surface area contributed by atoms with Crippen LogP contribution >= 0.6 is 0 Å². The Morgan fingerprint density at radius 2 is 1.89 bits per heavy atom. The second kappa shape index (κ2) is 14.5. The van der Waals surface area contributed by atoms with Crippen LogP contribution in [0.15, 0.2) is 25.3 Å². The maximum Gasteiger partial charge on any atom is 0.306 e. The van der Waals surface area contributed by atoms with Crippen LogP contribution in [0.1, 0.15) is 46.0 Å². The van der Waals surface area contributed by atoms with Crippen molar-refractivity contribution in [1.82, 2.24) is 0 Å². The predicted octanol–water partition coefficient (Wildman–Crippen LogP) is 3.58. The highest BCUT2D eigenvalue weighted by Gasteiger charge is 2.06. The maximum absolute atomic E-state index is 10.8. The topological polar surface area (TPSA) is 63.6 Å². The molecule has 4 heteroatoms. The van der Waals surface area contributed by atoms with Gasteiger partial charge in [0, 0.05) is 6.42 Å². The first-order valence-corrected chi connectivity index (χ1v) is 6.59. The number of rotatable bonds is 9. The van der Waals surface area contributed by atoms with E-state index < -0.39 is 5.97 Å². The van der Waals surface area contributed by atoms with Gasteiger partial charge < -0.3 is 9.84 Å². The van der Waals surface area contributed by atoms with E-state index in [1.807, 2.05) is 0 Å². The van der Waals surface area contributed by atoms with E-state index in [1.54, 1.807) is 19.1 Å². The number of unbranched alkanes of at least 4 members (excludes halogenated alkanes) is 2. The number of hydrogen-bond acceptors (Lipinski definition) is 3. The van der Waals surface area contributed by atoms with E-state index in [4.69, 9.17) is 9.84 Å². The zero-order valence-corrected chi connectivity index (χ0v) is 12.1. The van der Waals surface area contributed by atoms with Gasteiger partial charge in [0.2, 0.25) is 0 Å². The van der Waals surface area contributed by atoms with Crippen LogP contribution in [0.25, 0.3) is 0 Å². The molecule has 0 aliphatic heterocycles. The minimum atomic E-state index is -0.759. The van der Waals surface area contributed by atoms with Gasteiger partial charge >= 0.3 is 11.9 Å². The molecule has 19 heavy (non-hydrogen) atoms. The van der Waals surface area contributed by atoms with E-state index in [9.17, 15) is 9.59 Å². The van der Waals surface area contributed by atoms with Crippen molar-refractivity contribution in [2.75, 3.05) is 6.61 Å². The highest BCUT2D eigenvalue weighted by molar-refractivity contribution is 5.69. The maximum atomic E-state index is 10.8. The molecule has 0 aromatic carbocycles. The third-order valence-corrected chi connectivity index (χ3v) is 2.29. The van der Waals surface area contributed by atoms with Crippen molar-refractivity contribution in [1.29, 1.82) is 0 Å². The van der Waals surface area contributed by atoms with Gasteiger partial charge in [0.1, 0.15) is 6.61 Å². The van der Waals surface area contributed by atoms with Crippen molar-refractivity contribution in [2.24, 2.45) is 5.92 Å². The summed E-state index contributed by atoms with van der Waals surface area (Å²) in [6.45, 7) is 11.0. The molecule has 0 spiro atoms. The van der Waals surface area contributed by atoms with Gasteiger partial charge in [0.25, 0.3) is 0 Å². The second-order valence-electron chi connectivity index (χ2n) is 4.19. The normalized spacial score (nSPS) is 10.6. The van der Waals surface area contributed by atoms with E-state index in [0.717, 1.165) is 19.3 Å². The Labute approximate surface area is 116 Å². The zero-order chi connectivity index (χ0) is 15.1. The molecule has 1 atom stereocenters. The minimum Gasteiger partial charge on any atom is -0.481 e. The van der Waals surface area contributed by atoms with E-state index >= 15 is 0 Å². The molecule has 0 bridgehead atoms. The largest absolute Gasteiger partial charge is 0.481 e. The van der Waals surface area contributed by atoms with Crippen LogP contribution < -0.4 is 0 Å². The Bertz CT molecular complexity index is 271. The van der Waals surface area contributed by atoms with Crippen LogP contribution in [0.5, 0.6) is 0 Å². The van der Waals surface area contributed by atoms with Gasteiger partial charge in [-0.15, -0.1) is 6.58 Å². The monoisotopic (exact) mass is 270 g/mol. The Balaban J connectivity index is 0. The number of carboxylic acids is 1. The third-order valence-electron chi connectivity index (χ3n) is 2.29. The van der Waals surface area contributed by atoms with Gasteiger partial charge in [0.15, 0.2) is 0 Å². The number of aliphatic carboxylic acids is 1. The molecule has 0 aromatic rings. The van der Waals surface area contributed by atoms with Crippen LogP contribution in [-0.4, -0.2) is 23.7 Å². The van der Waals surface area contributed by atoms with E-state index in [0.29, 0.717) is 19.4 Å². The third kappa shape index (κ3) is 16.4. The Morgan fingerprint density at radius 3 is 2.26 bits per heavy atom. The average Bonchev–Trinajstić information content (AvgIpc) is 2.37. The van der Waals surface area contributed by atoms with Crippen molar-refractivity contribution in [3.8, 4) is 0 Å². The van der Waals surface area contributed by atoms with Gasteiger partial charge in [-0.05, 0) is 12.8 Å². The first-order chi connectivity index (χ1) is 8.99. The Kier molecular flexibility index (Phi) is 15.1. The lowest BCUT2D eigenvalue weighted by atomic mass is 10.1. The summed E-state index contributed by atoms with van der Waals surface area (Å²) in [5.41, 5.74) is 0. The lowest BCUT2D eigenvalue weighted by molar-refractivity contribution is -0.142. The molecule has 0 fully saturated rings. The molecule has 0 amide bonds. The number of esters is 1. The standard InChI is InChI=1S/C9H16O2.C6H10O2/c1-3-5-6-7-9(10)11-8-4-2;1-3-4-5(2)6(7)8/h4H,2-3,5-8H2,1H3;3,5H,1,4H2,2H3,(H,7,8). The predicted molar refractivity (Wildman–Crippen MR) is 76.9 cm³/mol. The number of carbonyl (C=O) groups excluding carboxylic acids is 1. The first-order valence-electron chi connectivity index (χ1n) is 6.59. The second-order valence-corrected chi connectivity index (χ2v) is 4.19. The summed E-state index contributed by atoms with van der Waals surface area (Å²) in [4.78, 5) is 20.8. The molecule has 0 saturated heterocycles. The fourth-order valence-corrected chi connectivity index (χ4v) is 1.09. The minimum absolute atomic E-state index is 0.113. The molecule has 0 aliphatic rings. The van der Waals surface area contributed by atoms with Gasteiger partial charge in [-0.25, -0.2) is 0 Å². The quantitative estimate of drug-likeness (QED) is 0.395. The summed E-state index contributed by atoms with van der Waals surface area (Å²) in [5, 5.41) is 8.27. The summed E-state index contributed by atoms with van der Waals surface area (Å²) < 4.78 is 4.78. The summed E-state index contributed by atoms with van der Waals surface area (Å²) in [5.74, 6) is -1.16. The van der Waals surface area contributed by atoms with Crippen molar-refractivity contribution in [3.63, 3.8) is 0 Å². The van der Waals surface area contributed by atoms with Gasteiger partial charge in [-0.3, -0.25) is 9.59 Å². The molecule has 110 valence electrons. The van der Waals surface area contributed by atoms with Crippen molar-refractivity contribution in [2.45, 2.75) is 46.0 Å². The van der Waals surface area contributed by atoms with Crippen molar-refractivity contribution < 1.29 is 19.4 Å². The molecule has 1 N–H and O–H groups in total. The lowest BCUT2D eigenvalue weighted by Crippen LogP contribution is -2.07. The van der Waals surface area contributed by atoms with E-state index in [2.05, 4.69) is 20.1 Å². The zero-order valence-electron chi connectivity index (χ0n) is 12.1.